The fourth-order valence-electron chi connectivity index (χ4n) is 2.39. The minimum Gasteiger partial charge on any atom is -0.444 e. The van der Waals surface area contributed by atoms with Crippen molar-refractivity contribution in [3.8, 4) is 0 Å². The zero-order valence-corrected chi connectivity index (χ0v) is 15.4. The minimum absolute atomic E-state index is 0.195. The summed E-state index contributed by atoms with van der Waals surface area (Å²) in [6.45, 7) is 7.77. The van der Waals surface area contributed by atoms with E-state index in [4.69, 9.17) is 16.6 Å². The van der Waals surface area contributed by atoms with Crippen molar-refractivity contribution in [1.29, 1.82) is 0 Å². The average molecular weight is 380 g/mol. The van der Waals surface area contributed by atoms with E-state index in [2.05, 4.69) is 15.9 Å². The number of hydrogen-bond acceptors (Lipinski definition) is 3. The highest BCUT2D eigenvalue weighted by molar-refractivity contribution is 9.10. The Labute approximate surface area is 144 Å². The van der Waals surface area contributed by atoms with Crippen LogP contribution in [0.15, 0.2) is 39.4 Å². The Morgan fingerprint density at radius 1 is 1.23 bits per heavy atom. The second-order valence-electron chi connectivity index (χ2n) is 5.31. The number of nitrogens with zero attached hydrogens (tertiary/aromatic N) is 1. The van der Waals surface area contributed by atoms with Crippen LogP contribution in [0.25, 0.3) is 0 Å². The molecule has 0 saturated heterocycles. The van der Waals surface area contributed by atoms with Gasteiger partial charge < -0.3 is 4.42 Å². The molecule has 0 aliphatic rings. The van der Waals surface area contributed by atoms with Crippen molar-refractivity contribution in [2.75, 3.05) is 4.90 Å². The van der Waals surface area contributed by atoms with Crippen LogP contribution < -0.4 is 4.90 Å². The van der Waals surface area contributed by atoms with Crippen LogP contribution in [0.2, 0.25) is 0 Å². The topological polar surface area (TPSA) is 33.5 Å². The molecule has 0 spiro atoms. The molecule has 0 bridgehead atoms. The van der Waals surface area contributed by atoms with Gasteiger partial charge >= 0.3 is 0 Å². The van der Waals surface area contributed by atoms with Crippen molar-refractivity contribution in [2.24, 2.45) is 0 Å². The van der Waals surface area contributed by atoms with Crippen molar-refractivity contribution >= 4 is 44.6 Å². The monoisotopic (exact) mass is 379 g/mol. The predicted molar refractivity (Wildman–Crippen MR) is 96.9 cm³/mol. The van der Waals surface area contributed by atoms with Gasteiger partial charge in [-0.25, -0.2) is 0 Å². The van der Waals surface area contributed by atoms with Crippen molar-refractivity contribution in [2.45, 2.75) is 33.7 Å². The van der Waals surface area contributed by atoms with Gasteiger partial charge in [0.05, 0.1) is 11.7 Å². The number of hydrogen-bond donors (Lipinski definition) is 0. The quantitative estimate of drug-likeness (QED) is 0.694. The molecule has 0 aliphatic heterocycles. The molecule has 1 unspecified atom stereocenters. The van der Waals surface area contributed by atoms with Crippen LogP contribution in [0.5, 0.6) is 0 Å². The summed E-state index contributed by atoms with van der Waals surface area (Å²) in [6.07, 6.45) is 0. The molecule has 3 nitrogen and oxygen atoms in total. The molecular formula is C17H18BrNO2S. The normalized spacial score (nSPS) is 12.0. The van der Waals surface area contributed by atoms with Crippen LogP contribution in [-0.4, -0.2) is 16.8 Å². The van der Waals surface area contributed by atoms with Crippen LogP contribution in [0.3, 0.4) is 0 Å². The molecule has 0 aliphatic carbocycles. The van der Waals surface area contributed by atoms with E-state index in [0.717, 1.165) is 21.7 Å². The summed E-state index contributed by atoms with van der Waals surface area (Å²) < 4.78 is 5.97. The second kappa shape index (κ2) is 6.75. The summed E-state index contributed by atoms with van der Waals surface area (Å²) in [5.41, 5.74) is 2.95. The highest BCUT2D eigenvalue weighted by atomic mass is 79.9. The van der Waals surface area contributed by atoms with Crippen LogP contribution in [0.1, 0.15) is 35.5 Å². The third kappa shape index (κ3) is 3.31. The molecule has 1 aromatic carbocycles. The van der Waals surface area contributed by atoms with Gasteiger partial charge in [-0.05, 0) is 66.9 Å². The van der Waals surface area contributed by atoms with Gasteiger partial charge in [0, 0.05) is 4.86 Å². The van der Waals surface area contributed by atoms with Gasteiger partial charge in [-0.3, -0.25) is 9.69 Å². The average Bonchev–Trinajstić information content (AvgIpc) is 2.88. The van der Waals surface area contributed by atoms with Gasteiger partial charge in [0.25, 0.3) is 5.91 Å². The number of carbonyl (C=O) groups is 1. The molecule has 2 rings (SSSR count). The van der Waals surface area contributed by atoms with E-state index >= 15 is 0 Å². The first-order valence-electron chi connectivity index (χ1n) is 6.98. The van der Waals surface area contributed by atoms with Gasteiger partial charge in [0.1, 0.15) is 0 Å². The first kappa shape index (κ1) is 16.9. The molecule has 1 heterocycles. The number of carbonyl (C=O) groups excluding carboxylic acids is 1. The molecule has 0 radical (unpaired) electrons. The molecule has 1 aromatic heterocycles. The van der Waals surface area contributed by atoms with Gasteiger partial charge in [-0.1, -0.05) is 30.4 Å². The van der Waals surface area contributed by atoms with Crippen LogP contribution in [0.4, 0.5) is 5.69 Å². The molecule has 0 saturated carbocycles. The zero-order chi connectivity index (χ0) is 16.4. The fourth-order valence-corrected chi connectivity index (χ4v) is 2.80. The Morgan fingerprint density at radius 2 is 1.82 bits per heavy atom. The highest BCUT2D eigenvalue weighted by Crippen LogP contribution is 2.29. The lowest BCUT2D eigenvalue weighted by molar-refractivity contribution is 0.0956. The highest BCUT2D eigenvalue weighted by Gasteiger charge is 2.28. The van der Waals surface area contributed by atoms with Crippen molar-refractivity contribution in [3.63, 3.8) is 0 Å². The Morgan fingerprint density at radius 3 is 2.27 bits per heavy atom. The van der Waals surface area contributed by atoms with Gasteiger partial charge in [0.15, 0.2) is 10.4 Å². The summed E-state index contributed by atoms with van der Waals surface area (Å²) in [5.74, 6) is 0.0948. The number of benzene rings is 1. The first-order valence-corrected chi connectivity index (χ1v) is 8.18. The molecule has 2 aromatic rings. The molecule has 0 fully saturated rings. The third-order valence-corrected chi connectivity index (χ3v) is 4.43. The Bertz CT molecular complexity index is 703. The van der Waals surface area contributed by atoms with E-state index in [0.29, 0.717) is 4.67 Å². The number of halogens is 1. The number of rotatable bonds is 4. The Balaban J connectivity index is 2.57. The zero-order valence-electron chi connectivity index (χ0n) is 13.0. The predicted octanol–water partition coefficient (Wildman–Crippen LogP) is 5.08. The SMILES string of the molecule is CC(=S)C(C)N(C(=O)c1ccc(Br)o1)c1c(C)cccc1C. The second-order valence-corrected chi connectivity index (χ2v) is 6.73. The molecule has 1 atom stereocenters. The van der Waals surface area contributed by atoms with Gasteiger partial charge in [-0.2, -0.15) is 0 Å². The summed E-state index contributed by atoms with van der Waals surface area (Å²) in [4.78, 5) is 15.4. The van der Waals surface area contributed by atoms with E-state index in [1.807, 2.05) is 45.9 Å². The molecule has 0 N–H and O–H groups in total. The number of furan rings is 1. The molecule has 116 valence electrons. The summed E-state index contributed by atoms with van der Waals surface area (Å²) in [5, 5.41) is 0. The minimum atomic E-state index is -0.203. The van der Waals surface area contributed by atoms with E-state index in [-0.39, 0.29) is 17.7 Å². The maximum atomic E-state index is 13.0. The van der Waals surface area contributed by atoms with E-state index in [1.54, 1.807) is 17.0 Å². The van der Waals surface area contributed by atoms with Crippen LogP contribution >= 0.6 is 28.1 Å². The lowest BCUT2D eigenvalue weighted by Gasteiger charge is -2.31. The number of aryl methyl sites for hydroxylation is 2. The number of para-hydroxylation sites is 1. The van der Waals surface area contributed by atoms with Crippen molar-refractivity contribution < 1.29 is 9.21 Å². The van der Waals surface area contributed by atoms with Crippen molar-refractivity contribution in [1.82, 2.24) is 0 Å². The van der Waals surface area contributed by atoms with Crippen LogP contribution in [-0.2, 0) is 0 Å². The number of amides is 1. The largest absolute Gasteiger partial charge is 0.444 e. The third-order valence-electron chi connectivity index (χ3n) is 3.66. The maximum absolute atomic E-state index is 13.0. The first-order chi connectivity index (χ1) is 10.3. The number of thiocarbonyl (C=S) groups is 1. The fraction of sp³-hybridized carbons (Fsp3) is 0.294. The van der Waals surface area contributed by atoms with Gasteiger partial charge in [0.2, 0.25) is 0 Å². The van der Waals surface area contributed by atoms with Crippen LogP contribution in [0, 0.1) is 13.8 Å². The molecule has 22 heavy (non-hydrogen) atoms. The Kier molecular flexibility index (Phi) is 5.19. The summed E-state index contributed by atoms with van der Waals surface area (Å²) in [7, 11) is 0. The lowest BCUT2D eigenvalue weighted by atomic mass is 10.0. The molecule has 5 heteroatoms. The van der Waals surface area contributed by atoms with E-state index in [1.165, 1.54) is 0 Å². The number of anilines is 1. The van der Waals surface area contributed by atoms with E-state index < -0.39 is 0 Å². The van der Waals surface area contributed by atoms with E-state index in [9.17, 15) is 4.79 Å². The van der Waals surface area contributed by atoms with Crippen molar-refractivity contribution in [3.05, 3.63) is 51.9 Å². The summed E-state index contributed by atoms with van der Waals surface area (Å²) >= 11 is 8.56. The van der Waals surface area contributed by atoms with Gasteiger partial charge in [-0.15, -0.1) is 0 Å². The molecule has 1 amide bonds. The Hall–Kier alpha value is -1.46. The smallest absolute Gasteiger partial charge is 0.294 e. The molecular weight excluding hydrogens is 362 g/mol. The lowest BCUT2D eigenvalue weighted by Crippen LogP contribution is -2.42. The standard InChI is InChI=1S/C17H18BrNO2S/c1-10-6-5-7-11(2)16(10)19(12(3)13(4)22)17(20)14-8-9-15(18)21-14/h5-9,12H,1-4H3. The maximum Gasteiger partial charge on any atom is 0.294 e. The summed E-state index contributed by atoms with van der Waals surface area (Å²) in [6, 6.07) is 9.14.